The number of carboxylic acid groups (broad SMARTS) is 1. The molecule has 5 nitrogen and oxygen atoms in total. The van der Waals surface area contributed by atoms with Crippen LogP contribution in [-0.2, 0) is 4.79 Å². The number of anilines is 1. The fourth-order valence-electron chi connectivity index (χ4n) is 2.13. The Bertz CT molecular complexity index is 493. The zero-order valence-corrected chi connectivity index (χ0v) is 10.3. The summed E-state index contributed by atoms with van der Waals surface area (Å²) < 4.78 is 13.0. The number of urea groups is 1. The smallest absolute Gasteiger partial charge is 0.321 e. The average Bonchev–Trinajstić information content (AvgIpc) is 2.39. The van der Waals surface area contributed by atoms with Gasteiger partial charge in [-0.25, -0.2) is 9.18 Å². The fraction of sp³-hybridized carbons (Fsp3) is 0.385. The second-order valence-corrected chi connectivity index (χ2v) is 4.56. The van der Waals surface area contributed by atoms with Gasteiger partial charge in [0, 0.05) is 18.8 Å². The molecule has 1 saturated heterocycles. The molecule has 1 fully saturated rings. The van der Waals surface area contributed by atoms with Gasteiger partial charge in [-0.3, -0.25) is 4.79 Å². The Morgan fingerprint density at radius 1 is 1.42 bits per heavy atom. The van der Waals surface area contributed by atoms with Gasteiger partial charge >= 0.3 is 12.0 Å². The van der Waals surface area contributed by atoms with Crippen LogP contribution in [0.5, 0.6) is 0 Å². The van der Waals surface area contributed by atoms with Crippen LogP contribution in [0.25, 0.3) is 0 Å². The van der Waals surface area contributed by atoms with Crippen LogP contribution in [0.15, 0.2) is 24.3 Å². The number of carbonyl (C=O) groups excluding carboxylic acids is 1. The number of rotatable bonds is 2. The zero-order chi connectivity index (χ0) is 13.8. The van der Waals surface area contributed by atoms with E-state index >= 15 is 0 Å². The van der Waals surface area contributed by atoms with Crippen molar-refractivity contribution >= 4 is 17.7 Å². The predicted molar refractivity (Wildman–Crippen MR) is 67.4 cm³/mol. The lowest BCUT2D eigenvalue weighted by Gasteiger charge is -2.30. The standard InChI is InChI=1S/C13H15FN2O3/c14-10-4-1-5-11(7-10)15-13(19)16-6-2-3-9(8-16)12(17)18/h1,4-5,7,9H,2-3,6,8H2,(H,15,19)(H,17,18)/t9-/m0/s1. The molecule has 2 rings (SSSR count). The first-order valence-electron chi connectivity index (χ1n) is 6.10. The first-order valence-corrected chi connectivity index (χ1v) is 6.10. The number of hydrogen-bond donors (Lipinski definition) is 2. The van der Waals surface area contributed by atoms with E-state index in [1.807, 2.05) is 0 Å². The van der Waals surface area contributed by atoms with Crippen molar-refractivity contribution in [2.24, 2.45) is 5.92 Å². The molecule has 102 valence electrons. The molecule has 1 atom stereocenters. The monoisotopic (exact) mass is 266 g/mol. The normalized spacial score (nSPS) is 19.0. The third-order valence-electron chi connectivity index (χ3n) is 3.13. The summed E-state index contributed by atoms with van der Waals surface area (Å²) in [5.74, 6) is -1.84. The molecular formula is C13H15FN2O3. The van der Waals surface area contributed by atoms with Gasteiger partial charge in [0.2, 0.25) is 0 Å². The molecule has 0 spiro atoms. The first kappa shape index (κ1) is 13.3. The molecule has 1 heterocycles. The van der Waals surface area contributed by atoms with Gasteiger partial charge in [0.05, 0.1) is 5.92 Å². The van der Waals surface area contributed by atoms with E-state index < -0.39 is 23.7 Å². The molecule has 2 amide bonds. The molecule has 1 aliphatic rings. The van der Waals surface area contributed by atoms with Gasteiger partial charge in [-0.05, 0) is 31.0 Å². The second kappa shape index (κ2) is 5.69. The van der Waals surface area contributed by atoms with Gasteiger partial charge in [-0.15, -0.1) is 0 Å². The molecular weight excluding hydrogens is 251 g/mol. The maximum absolute atomic E-state index is 13.0. The van der Waals surface area contributed by atoms with Crippen molar-refractivity contribution < 1.29 is 19.1 Å². The number of benzene rings is 1. The van der Waals surface area contributed by atoms with Crippen LogP contribution in [-0.4, -0.2) is 35.1 Å². The number of nitrogens with one attached hydrogen (secondary N) is 1. The highest BCUT2D eigenvalue weighted by Crippen LogP contribution is 2.18. The average molecular weight is 266 g/mol. The third-order valence-corrected chi connectivity index (χ3v) is 3.13. The molecule has 1 aromatic rings. The van der Waals surface area contributed by atoms with Crippen molar-refractivity contribution in [3.63, 3.8) is 0 Å². The van der Waals surface area contributed by atoms with E-state index in [0.29, 0.717) is 25.1 Å². The Kier molecular flexibility index (Phi) is 3.99. The molecule has 19 heavy (non-hydrogen) atoms. The topological polar surface area (TPSA) is 69.6 Å². The minimum Gasteiger partial charge on any atom is -0.481 e. The van der Waals surface area contributed by atoms with Crippen molar-refractivity contribution in [3.05, 3.63) is 30.1 Å². The largest absolute Gasteiger partial charge is 0.481 e. The predicted octanol–water partition coefficient (Wildman–Crippen LogP) is 2.15. The number of hydrogen-bond acceptors (Lipinski definition) is 2. The molecule has 0 radical (unpaired) electrons. The summed E-state index contributed by atoms with van der Waals surface area (Å²) in [4.78, 5) is 24.3. The lowest BCUT2D eigenvalue weighted by Crippen LogP contribution is -2.44. The number of nitrogens with zero attached hydrogens (tertiary/aromatic N) is 1. The number of carboxylic acids is 1. The quantitative estimate of drug-likeness (QED) is 0.861. The van der Waals surface area contributed by atoms with Crippen molar-refractivity contribution in [2.75, 3.05) is 18.4 Å². The molecule has 0 aliphatic carbocycles. The molecule has 0 aromatic heterocycles. The van der Waals surface area contributed by atoms with Gasteiger partial charge in [0.25, 0.3) is 0 Å². The molecule has 6 heteroatoms. The Morgan fingerprint density at radius 2 is 2.21 bits per heavy atom. The van der Waals surface area contributed by atoms with Gasteiger partial charge in [0.15, 0.2) is 0 Å². The highest BCUT2D eigenvalue weighted by molar-refractivity contribution is 5.89. The van der Waals surface area contributed by atoms with Crippen LogP contribution < -0.4 is 5.32 Å². The number of aliphatic carboxylic acids is 1. The van der Waals surface area contributed by atoms with Crippen molar-refractivity contribution in [1.29, 1.82) is 0 Å². The highest BCUT2D eigenvalue weighted by atomic mass is 19.1. The van der Waals surface area contributed by atoms with Crippen LogP contribution in [0.3, 0.4) is 0 Å². The van der Waals surface area contributed by atoms with Gasteiger partial charge in [0.1, 0.15) is 5.82 Å². The molecule has 0 bridgehead atoms. The van der Waals surface area contributed by atoms with E-state index in [1.54, 1.807) is 6.07 Å². The van der Waals surface area contributed by atoms with Crippen LogP contribution in [0.4, 0.5) is 14.9 Å². The summed E-state index contributed by atoms with van der Waals surface area (Å²) in [5.41, 5.74) is 0.363. The van der Waals surface area contributed by atoms with Crippen molar-refractivity contribution in [1.82, 2.24) is 4.90 Å². The maximum atomic E-state index is 13.0. The number of amides is 2. The summed E-state index contributed by atoms with van der Waals surface area (Å²) in [6, 6.07) is 5.20. The first-order chi connectivity index (χ1) is 9.06. The van der Waals surface area contributed by atoms with Crippen LogP contribution in [0.2, 0.25) is 0 Å². The van der Waals surface area contributed by atoms with Crippen molar-refractivity contribution in [2.45, 2.75) is 12.8 Å². The van der Waals surface area contributed by atoms with Crippen molar-refractivity contribution in [3.8, 4) is 0 Å². The summed E-state index contributed by atoms with van der Waals surface area (Å²) in [5, 5.41) is 11.5. The third kappa shape index (κ3) is 3.43. The fourth-order valence-corrected chi connectivity index (χ4v) is 2.13. The van der Waals surface area contributed by atoms with Crippen LogP contribution in [0.1, 0.15) is 12.8 Å². The summed E-state index contributed by atoms with van der Waals surface area (Å²) >= 11 is 0. The highest BCUT2D eigenvalue weighted by Gasteiger charge is 2.28. The van der Waals surface area contributed by atoms with Gasteiger partial charge in [-0.2, -0.15) is 0 Å². The van der Waals surface area contributed by atoms with E-state index in [2.05, 4.69) is 5.32 Å². The summed E-state index contributed by atoms with van der Waals surface area (Å²) in [7, 11) is 0. The van der Waals surface area contributed by atoms with Gasteiger partial charge in [-0.1, -0.05) is 6.07 Å². The van der Waals surface area contributed by atoms with Crippen LogP contribution in [0, 0.1) is 11.7 Å². The summed E-state index contributed by atoms with van der Waals surface area (Å²) in [6.45, 7) is 0.710. The minimum absolute atomic E-state index is 0.191. The lowest BCUT2D eigenvalue weighted by molar-refractivity contribution is -0.143. The molecule has 1 aromatic carbocycles. The zero-order valence-electron chi connectivity index (χ0n) is 10.3. The van der Waals surface area contributed by atoms with E-state index in [0.717, 1.165) is 0 Å². The molecule has 1 aliphatic heterocycles. The van der Waals surface area contributed by atoms with E-state index in [4.69, 9.17) is 5.11 Å². The number of likely N-dealkylation sites (tertiary alicyclic amines) is 1. The second-order valence-electron chi connectivity index (χ2n) is 4.56. The Labute approximate surface area is 110 Å². The van der Waals surface area contributed by atoms with E-state index in [-0.39, 0.29) is 6.54 Å². The Hall–Kier alpha value is -2.11. The molecule has 0 unspecified atom stereocenters. The summed E-state index contributed by atoms with van der Waals surface area (Å²) in [6.07, 6.45) is 1.24. The number of piperidine rings is 1. The van der Waals surface area contributed by atoms with Crippen LogP contribution >= 0.6 is 0 Å². The lowest BCUT2D eigenvalue weighted by atomic mass is 9.99. The Morgan fingerprint density at radius 3 is 2.89 bits per heavy atom. The van der Waals surface area contributed by atoms with E-state index in [9.17, 15) is 14.0 Å². The number of carbonyl (C=O) groups is 2. The maximum Gasteiger partial charge on any atom is 0.321 e. The number of halogens is 1. The molecule has 2 N–H and O–H groups in total. The molecule has 0 saturated carbocycles. The minimum atomic E-state index is -0.886. The van der Waals surface area contributed by atoms with E-state index in [1.165, 1.54) is 23.1 Å². The van der Waals surface area contributed by atoms with Gasteiger partial charge < -0.3 is 15.3 Å². The SMILES string of the molecule is O=C(O)[C@H]1CCCN(C(=O)Nc2cccc(F)c2)C1. The Balaban J connectivity index is 1.98.